The molecule has 0 aliphatic carbocycles. The molecule has 0 bridgehead atoms. The zero-order chi connectivity index (χ0) is 15.6. The molecular formula is C14H23N5O2S. The summed E-state index contributed by atoms with van der Waals surface area (Å²) in [6.45, 7) is 5.65. The zero-order valence-corrected chi connectivity index (χ0v) is 13.7. The SMILES string of the molecule is CC1CCCN(S(=O)(=O)N2CCN(c3ncccn3)CC2)C1. The lowest BCUT2D eigenvalue weighted by Crippen LogP contribution is -2.54. The summed E-state index contributed by atoms with van der Waals surface area (Å²) in [5.74, 6) is 1.12. The van der Waals surface area contributed by atoms with Gasteiger partial charge in [0.1, 0.15) is 0 Å². The highest BCUT2D eigenvalue weighted by molar-refractivity contribution is 7.86. The van der Waals surface area contributed by atoms with Crippen molar-refractivity contribution in [2.75, 3.05) is 44.2 Å². The van der Waals surface area contributed by atoms with Crippen molar-refractivity contribution in [1.82, 2.24) is 18.6 Å². The van der Waals surface area contributed by atoms with Crippen molar-refractivity contribution >= 4 is 16.2 Å². The summed E-state index contributed by atoms with van der Waals surface area (Å²) in [4.78, 5) is 10.5. The molecule has 0 spiro atoms. The molecule has 22 heavy (non-hydrogen) atoms. The zero-order valence-electron chi connectivity index (χ0n) is 12.9. The average Bonchev–Trinajstić information content (AvgIpc) is 2.56. The first-order valence-corrected chi connectivity index (χ1v) is 9.24. The highest BCUT2D eigenvalue weighted by Crippen LogP contribution is 2.22. The van der Waals surface area contributed by atoms with Crippen LogP contribution in [0.2, 0.25) is 0 Å². The van der Waals surface area contributed by atoms with Crippen LogP contribution in [0, 0.1) is 5.92 Å². The smallest absolute Gasteiger partial charge is 0.282 e. The van der Waals surface area contributed by atoms with E-state index >= 15 is 0 Å². The van der Waals surface area contributed by atoms with Crippen LogP contribution >= 0.6 is 0 Å². The molecule has 0 radical (unpaired) electrons. The van der Waals surface area contributed by atoms with E-state index in [1.807, 2.05) is 4.90 Å². The van der Waals surface area contributed by atoms with Crippen LogP contribution in [0.15, 0.2) is 18.5 Å². The minimum absolute atomic E-state index is 0.447. The Morgan fingerprint density at radius 2 is 1.73 bits per heavy atom. The highest BCUT2D eigenvalue weighted by Gasteiger charge is 2.34. The molecule has 8 heteroatoms. The molecule has 122 valence electrons. The van der Waals surface area contributed by atoms with Crippen LogP contribution in [0.25, 0.3) is 0 Å². The predicted molar refractivity (Wildman–Crippen MR) is 84.7 cm³/mol. The summed E-state index contributed by atoms with van der Waals surface area (Å²) in [5.41, 5.74) is 0. The van der Waals surface area contributed by atoms with E-state index in [0.29, 0.717) is 51.1 Å². The Hall–Kier alpha value is -1.25. The number of aromatic nitrogens is 2. The number of hydrogen-bond acceptors (Lipinski definition) is 5. The Morgan fingerprint density at radius 1 is 1.05 bits per heavy atom. The van der Waals surface area contributed by atoms with Crippen molar-refractivity contribution in [3.05, 3.63) is 18.5 Å². The van der Waals surface area contributed by atoms with Gasteiger partial charge in [-0.15, -0.1) is 0 Å². The van der Waals surface area contributed by atoms with E-state index in [-0.39, 0.29) is 0 Å². The second-order valence-electron chi connectivity index (χ2n) is 6.05. The van der Waals surface area contributed by atoms with Crippen LogP contribution in [0.3, 0.4) is 0 Å². The molecule has 1 unspecified atom stereocenters. The lowest BCUT2D eigenvalue weighted by molar-refractivity contribution is 0.254. The fourth-order valence-corrected chi connectivity index (χ4v) is 4.85. The number of anilines is 1. The Labute approximate surface area is 132 Å². The Morgan fingerprint density at radius 3 is 2.36 bits per heavy atom. The maximum Gasteiger partial charge on any atom is 0.282 e. The van der Waals surface area contributed by atoms with Gasteiger partial charge in [0.25, 0.3) is 10.2 Å². The van der Waals surface area contributed by atoms with Crippen LogP contribution in [0.5, 0.6) is 0 Å². The molecule has 0 saturated carbocycles. The minimum Gasteiger partial charge on any atom is -0.338 e. The normalized spacial score (nSPS) is 25.3. The van der Waals surface area contributed by atoms with Crippen molar-refractivity contribution in [3.8, 4) is 0 Å². The molecule has 1 aromatic rings. The van der Waals surface area contributed by atoms with Gasteiger partial charge in [0, 0.05) is 51.7 Å². The van der Waals surface area contributed by atoms with Crippen LogP contribution in [0.4, 0.5) is 5.95 Å². The summed E-state index contributed by atoms with van der Waals surface area (Å²) < 4.78 is 28.7. The van der Waals surface area contributed by atoms with E-state index in [4.69, 9.17) is 0 Å². The molecule has 3 heterocycles. The summed E-state index contributed by atoms with van der Waals surface area (Å²) in [7, 11) is -3.32. The summed E-state index contributed by atoms with van der Waals surface area (Å²) in [5, 5.41) is 0. The second kappa shape index (κ2) is 6.47. The first-order valence-electron chi connectivity index (χ1n) is 7.84. The van der Waals surface area contributed by atoms with Gasteiger partial charge in [0.15, 0.2) is 0 Å². The molecule has 1 aromatic heterocycles. The van der Waals surface area contributed by atoms with Gasteiger partial charge < -0.3 is 4.90 Å². The number of piperidine rings is 1. The molecule has 2 aliphatic rings. The molecule has 2 saturated heterocycles. The molecule has 0 aromatic carbocycles. The third kappa shape index (κ3) is 3.23. The fourth-order valence-electron chi connectivity index (χ4n) is 3.09. The molecule has 0 N–H and O–H groups in total. The van der Waals surface area contributed by atoms with Crippen molar-refractivity contribution in [2.45, 2.75) is 19.8 Å². The largest absolute Gasteiger partial charge is 0.338 e. The van der Waals surface area contributed by atoms with Gasteiger partial charge >= 0.3 is 0 Å². The average molecular weight is 325 g/mol. The van der Waals surface area contributed by atoms with Crippen molar-refractivity contribution in [1.29, 1.82) is 0 Å². The number of rotatable bonds is 3. The predicted octanol–water partition coefficient (Wildman–Crippen LogP) is 0.575. The first-order chi connectivity index (χ1) is 10.6. The Kier molecular flexibility index (Phi) is 4.60. The van der Waals surface area contributed by atoms with Gasteiger partial charge in [-0.2, -0.15) is 17.0 Å². The summed E-state index contributed by atoms with van der Waals surface area (Å²) >= 11 is 0. The van der Waals surface area contributed by atoms with Gasteiger partial charge in [-0.25, -0.2) is 9.97 Å². The maximum absolute atomic E-state index is 12.7. The van der Waals surface area contributed by atoms with Gasteiger partial charge in [0.2, 0.25) is 5.95 Å². The standard InChI is InChI=1S/C14H23N5O2S/c1-13-4-2-7-19(12-13)22(20,21)18-10-8-17(9-11-18)14-15-5-3-6-16-14/h3,5-6,13H,2,4,7-12H2,1H3. The maximum atomic E-state index is 12.7. The fraction of sp³-hybridized carbons (Fsp3) is 0.714. The van der Waals surface area contributed by atoms with Gasteiger partial charge in [0.05, 0.1) is 0 Å². The van der Waals surface area contributed by atoms with Gasteiger partial charge in [-0.05, 0) is 24.8 Å². The Bertz CT molecular complexity index is 587. The van der Waals surface area contributed by atoms with E-state index < -0.39 is 10.2 Å². The molecule has 2 aliphatic heterocycles. The van der Waals surface area contributed by atoms with E-state index in [9.17, 15) is 8.42 Å². The molecule has 0 amide bonds. The molecule has 7 nitrogen and oxygen atoms in total. The van der Waals surface area contributed by atoms with E-state index in [0.717, 1.165) is 12.8 Å². The van der Waals surface area contributed by atoms with Crippen molar-refractivity contribution in [3.63, 3.8) is 0 Å². The quantitative estimate of drug-likeness (QED) is 0.813. The van der Waals surface area contributed by atoms with Crippen LogP contribution < -0.4 is 4.90 Å². The van der Waals surface area contributed by atoms with E-state index in [2.05, 4.69) is 16.9 Å². The Balaban J connectivity index is 1.63. The highest BCUT2D eigenvalue weighted by atomic mass is 32.2. The molecule has 2 fully saturated rings. The third-order valence-corrected chi connectivity index (χ3v) is 6.35. The third-order valence-electron chi connectivity index (χ3n) is 4.35. The lowest BCUT2D eigenvalue weighted by atomic mass is 10.0. The van der Waals surface area contributed by atoms with Gasteiger partial charge in [-0.1, -0.05) is 6.92 Å². The first kappa shape index (κ1) is 15.6. The van der Waals surface area contributed by atoms with Crippen LogP contribution in [-0.2, 0) is 10.2 Å². The van der Waals surface area contributed by atoms with Crippen molar-refractivity contribution in [2.24, 2.45) is 5.92 Å². The van der Waals surface area contributed by atoms with Crippen molar-refractivity contribution < 1.29 is 8.42 Å². The molecule has 3 rings (SSSR count). The van der Waals surface area contributed by atoms with E-state index in [1.54, 1.807) is 27.1 Å². The number of hydrogen-bond donors (Lipinski definition) is 0. The monoisotopic (exact) mass is 325 g/mol. The second-order valence-corrected chi connectivity index (χ2v) is 7.98. The van der Waals surface area contributed by atoms with Gasteiger partial charge in [-0.3, -0.25) is 0 Å². The summed E-state index contributed by atoms with van der Waals surface area (Å²) in [6.07, 6.45) is 5.49. The van der Waals surface area contributed by atoms with E-state index in [1.165, 1.54) is 0 Å². The lowest BCUT2D eigenvalue weighted by Gasteiger charge is -2.38. The molecular weight excluding hydrogens is 302 g/mol. The summed E-state index contributed by atoms with van der Waals surface area (Å²) in [6, 6.07) is 1.78. The molecule has 1 atom stereocenters. The van der Waals surface area contributed by atoms with Crippen LogP contribution in [0.1, 0.15) is 19.8 Å². The number of piperazine rings is 1. The number of nitrogens with zero attached hydrogens (tertiary/aromatic N) is 5. The van der Waals surface area contributed by atoms with Crippen LogP contribution in [-0.4, -0.2) is 66.3 Å². The topological polar surface area (TPSA) is 69.6 Å². The minimum atomic E-state index is -3.32.